The van der Waals surface area contributed by atoms with Crippen LogP contribution in [0.4, 0.5) is 5.69 Å². The number of carbonyl (C=O) groups excluding carboxylic acids is 1. The lowest BCUT2D eigenvalue weighted by molar-refractivity contribution is -0.385. The van der Waals surface area contributed by atoms with Gasteiger partial charge in [0.25, 0.3) is 20.6 Å². The Morgan fingerprint density at radius 3 is 2.52 bits per heavy atom. The van der Waals surface area contributed by atoms with Gasteiger partial charge < -0.3 is 5.32 Å². The first-order chi connectivity index (χ1) is 9.68. The lowest BCUT2D eigenvalue weighted by Gasteiger charge is -2.08. The van der Waals surface area contributed by atoms with Crippen LogP contribution < -0.4 is 5.32 Å². The molecule has 1 rings (SSSR count). The topological polar surface area (TPSA) is 106 Å². The van der Waals surface area contributed by atoms with E-state index in [1.54, 1.807) is 0 Å². The molecule has 0 aliphatic carbocycles. The molecule has 0 fully saturated rings. The van der Waals surface area contributed by atoms with Crippen LogP contribution in [0.15, 0.2) is 17.0 Å². The molecule has 0 saturated carbocycles. The van der Waals surface area contributed by atoms with Crippen LogP contribution in [0, 0.1) is 17.0 Å². The zero-order valence-corrected chi connectivity index (χ0v) is 13.1. The highest BCUT2D eigenvalue weighted by Gasteiger charge is 2.25. The van der Waals surface area contributed by atoms with Gasteiger partial charge in [0.05, 0.1) is 9.82 Å². The summed E-state index contributed by atoms with van der Waals surface area (Å²) >= 11 is 0. The number of rotatable bonds is 6. The Labute approximate surface area is 126 Å². The molecule has 1 aromatic carbocycles. The third kappa shape index (κ3) is 4.40. The average molecular weight is 335 g/mol. The van der Waals surface area contributed by atoms with E-state index in [0.717, 1.165) is 25.0 Å². The van der Waals surface area contributed by atoms with Gasteiger partial charge in [-0.05, 0) is 19.4 Å². The second kappa shape index (κ2) is 6.86. The first-order valence-corrected chi connectivity index (χ1v) is 8.51. The molecule has 0 bridgehead atoms. The maximum absolute atomic E-state index is 11.9. The first-order valence-electron chi connectivity index (χ1n) is 6.20. The fourth-order valence-corrected chi connectivity index (χ4v) is 2.95. The van der Waals surface area contributed by atoms with Gasteiger partial charge in [-0.1, -0.05) is 13.3 Å². The van der Waals surface area contributed by atoms with Gasteiger partial charge in [-0.25, -0.2) is 8.42 Å². The van der Waals surface area contributed by atoms with E-state index in [1.165, 1.54) is 6.92 Å². The lowest BCUT2D eigenvalue weighted by Crippen LogP contribution is -2.24. The normalized spacial score (nSPS) is 11.2. The van der Waals surface area contributed by atoms with Crippen LogP contribution in [0.5, 0.6) is 0 Å². The van der Waals surface area contributed by atoms with Crippen LogP contribution in [0.1, 0.15) is 35.7 Å². The Kier molecular flexibility index (Phi) is 5.68. The zero-order chi connectivity index (χ0) is 16.2. The summed E-state index contributed by atoms with van der Waals surface area (Å²) in [5, 5.41) is 13.5. The summed E-state index contributed by atoms with van der Waals surface area (Å²) < 4.78 is 22.9. The number of nitrogens with zero attached hydrogens (tertiary/aromatic N) is 1. The van der Waals surface area contributed by atoms with Crippen molar-refractivity contribution in [2.24, 2.45) is 0 Å². The van der Waals surface area contributed by atoms with Crippen molar-refractivity contribution < 1.29 is 18.1 Å². The largest absolute Gasteiger partial charge is 0.352 e. The van der Waals surface area contributed by atoms with E-state index in [0.29, 0.717) is 6.54 Å². The van der Waals surface area contributed by atoms with Gasteiger partial charge in [0.2, 0.25) is 0 Å². The molecule has 0 aliphatic heterocycles. The Hall–Kier alpha value is -1.67. The molecule has 0 aromatic heterocycles. The summed E-state index contributed by atoms with van der Waals surface area (Å²) in [6.07, 6.45) is 1.62. The molecule has 21 heavy (non-hydrogen) atoms. The van der Waals surface area contributed by atoms with E-state index >= 15 is 0 Å². The van der Waals surface area contributed by atoms with Crippen molar-refractivity contribution in [2.45, 2.75) is 31.6 Å². The van der Waals surface area contributed by atoms with Gasteiger partial charge in [-0.15, -0.1) is 0 Å². The lowest BCUT2D eigenvalue weighted by atomic mass is 10.1. The quantitative estimate of drug-likeness (QED) is 0.372. The molecule has 0 heterocycles. The number of nitro benzene ring substituents is 1. The fourth-order valence-electron chi connectivity index (χ4n) is 1.73. The minimum atomic E-state index is -4.18. The van der Waals surface area contributed by atoms with Crippen molar-refractivity contribution in [1.82, 2.24) is 5.32 Å². The minimum absolute atomic E-state index is 0.0971. The molecular weight excluding hydrogens is 320 g/mol. The number of carbonyl (C=O) groups is 1. The third-order valence-corrected chi connectivity index (χ3v) is 4.32. The van der Waals surface area contributed by atoms with Gasteiger partial charge >= 0.3 is 0 Å². The van der Waals surface area contributed by atoms with Crippen LogP contribution in [-0.4, -0.2) is 25.8 Å². The number of benzene rings is 1. The van der Waals surface area contributed by atoms with E-state index < -0.39 is 30.5 Å². The molecular formula is C12H15ClN2O5S. The molecule has 0 unspecified atom stereocenters. The maximum Gasteiger partial charge on any atom is 0.274 e. The van der Waals surface area contributed by atoms with Crippen molar-refractivity contribution in [1.29, 1.82) is 0 Å². The molecule has 1 aromatic rings. The van der Waals surface area contributed by atoms with E-state index in [4.69, 9.17) is 10.7 Å². The van der Waals surface area contributed by atoms with Crippen LogP contribution in [0.25, 0.3) is 0 Å². The fraction of sp³-hybridized carbons (Fsp3) is 0.417. The number of unbranched alkanes of at least 4 members (excludes halogenated alkanes) is 1. The average Bonchev–Trinajstić information content (AvgIpc) is 2.37. The molecule has 0 aliphatic rings. The number of nitro groups is 1. The third-order valence-electron chi connectivity index (χ3n) is 2.87. The van der Waals surface area contributed by atoms with Gasteiger partial charge in [-0.2, -0.15) is 0 Å². The molecule has 1 amide bonds. The van der Waals surface area contributed by atoms with Crippen molar-refractivity contribution in [2.75, 3.05) is 6.54 Å². The van der Waals surface area contributed by atoms with Gasteiger partial charge in [0, 0.05) is 34.4 Å². The molecule has 7 nitrogen and oxygen atoms in total. The number of hydrogen-bond acceptors (Lipinski definition) is 5. The Balaban J connectivity index is 3.31. The van der Waals surface area contributed by atoms with Gasteiger partial charge in [-0.3, -0.25) is 14.9 Å². The SMILES string of the molecule is CCCCNC(=O)c1cc([N+](=O)[O-])c(C)c(S(=O)(=O)Cl)c1. The highest BCUT2D eigenvalue weighted by atomic mass is 35.7. The molecule has 116 valence electrons. The summed E-state index contributed by atoms with van der Waals surface area (Å²) in [4.78, 5) is 21.7. The maximum atomic E-state index is 11.9. The standard InChI is InChI=1S/C12H15ClN2O5S/c1-3-4-5-14-12(16)9-6-10(15(17)18)8(2)11(7-9)21(13,19)20/h6-7H,3-5H2,1-2H3,(H,14,16). The summed E-state index contributed by atoms with van der Waals surface area (Å²) in [6.45, 7) is 3.62. The van der Waals surface area contributed by atoms with Crippen molar-refractivity contribution in [3.8, 4) is 0 Å². The Morgan fingerprint density at radius 1 is 1.43 bits per heavy atom. The predicted molar refractivity (Wildman–Crippen MR) is 78.1 cm³/mol. The second-order valence-corrected chi connectivity index (χ2v) is 6.96. The highest BCUT2D eigenvalue weighted by molar-refractivity contribution is 8.13. The van der Waals surface area contributed by atoms with Crippen LogP contribution in [0.3, 0.4) is 0 Å². The number of nitrogens with one attached hydrogen (secondary N) is 1. The van der Waals surface area contributed by atoms with Crippen molar-refractivity contribution in [3.63, 3.8) is 0 Å². The first kappa shape index (κ1) is 17.4. The van der Waals surface area contributed by atoms with Crippen molar-refractivity contribution >= 4 is 31.3 Å². The van der Waals surface area contributed by atoms with E-state index in [-0.39, 0.29) is 11.1 Å². The highest BCUT2D eigenvalue weighted by Crippen LogP contribution is 2.29. The summed E-state index contributed by atoms with van der Waals surface area (Å²) in [5.41, 5.74) is -0.667. The van der Waals surface area contributed by atoms with Crippen molar-refractivity contribution in [3.05, 3.63) is 33.4 Å². The summed E-state index contributed by atoms with van der Waals surface area (Å²) in [5.74, 6) is -0.576. The van der Waals surface area contributed by atoms with Gasteiger partial charge in [0.15, 0.2) is 0 Å². The smallest absolute Gasteiger partial charge is 0.274 e. The molecule has 0 spiro atoms. The Morgan fingerprint density at radius 2 is 2.05 bits per heavy atom. The number of amides is 1. The molecule has 1 N–H and O–H groups in total. The second-order valence-electron chi connectivity index (χ2n) is 4.42. The Bertz CT molecular complexity index is 672. The van der Waals surface area contributed by atoms with E-state index in [1.807, 2.05) is 6.92 Å². The zero-order valence-electron chi connectivity index (χ0n) is 11.6. The molecule has 0 atom stereocenters. The van der Waals surface area contributed by atoms with Gasteiger partial charge in [0.1, 0.15) is 0 Å². The summed E-state index contributed by atoms with van der Waals surface area (Å²) in [6, 6.07) is 2.09. The van der Waals surface area contributed by atoms with E-state index in [9.17, 15) is 23.3 Å². The van der Waals surface area contributed by atoms with Crippen LogP contribution in [0.2, 0.25) is 0 Å². The number of halogens is 1. The molecule has 0 saturated heterocycles. The number of hydrogen-bond donors (Lipinski definition) is 1. The predicted octanol–water partition coefficient (Wildman–Crippen LogP) is 2.36. The molecule has 9 heteroatoms. The van der Waals surface area contributed by atoms with Crippen LogP contribution in [-0.2, 0) is 9.05 Å². The monoisotopic (exact) mass is 334 g/mol. The van der Waals surface area contributed by atoms with E-state index in [2.05, 4.69) is 5.32 Å². The minimum Gasteiger partial charge on any atom is -0.352 e. The summed E-state index contributed by atoms with van der Waals surface area (Å²) in [7, 11) is 1.08. The van der Waals surface area contributed by atoms with Crippen LogP contribution >= 0.6 is 10.7 Å². The molecule has 0 radical (unpaired) electrons.